The van der Waals surface area contributed by atoms with Crippen LogP contribution in [0.4, 0.5) is 0 Å². The van der Waals surface area contributed by atoms with Gasteiger partial charge in [0.15, 0.2) is 0 Å². The third-order valence-electron chi connectivity index (χ3n) is 6.94. The van der Waals surface area contributed by atoms with Crippen molar-refractivity contribution in [1.82, 2.24) is 9.88 Å². The Morgan fingerprint density at radius 1 is 1.22 bits per heavy atom. The van der Waals surface area contributed by atoms with E-state index in [-0.39, 0.29) is 18.3 Å². The zero-order valence-electron chi connectivity index (χ0n) is 20.4. The Balaban J connectivity index is 1.38. The molecule has 0 spiro atoms. The average molecular weight is 507 g/mol. The lowest BCUT2D eigenvalue weighted by Crippen LogP contribution is -2.41. The van der Waals surface area contributed by atoms with E-state index in [0.29, 0.717) is 24.5 Å². The van der Waals surface area contributed by atoms with E-state index in [2.05, 4.69) is 21.7 Å². The van der Waals surface area contributed by atoms with Crippen LogP contribution in [0.5, 0.6) is 5.75 Å². The molecule has 1 fully saturated rings. The van der Waals surface area contributed by atoms with Crippen LogP contribution in [0.3, 0.4) is 0 Å². The van der Waals surface area contributed by atoms with Gasteiger partial charge in [-0.05, 0) is 91.7 Å². The Bertz CT molecular complexity index is 1250. The molecule has 6 nitrogen and oxygen atoms in total. The number of aliphatic carboxylic acids is 1. The molecule has 2 heterocycles. The Hall–Kier alpha value is -3.11. The summed E-state index contributed by atoms with van der Waals surface area (Å²) in [6.45, 7) is 2.15. The summed E-state index contributed by atoms with van der Waals surface area (Å²) in [6.07, 6.45) is 3.39. The van der Waals surface area contributed by atoms with Crippen LogP contribution in [0.1, 0.15) is 42.9 Å². The molecule has 36 heavy (non-hydrogen) atoms. The number of pyridine rings is 1. The van der Waals surface area contributed by atoms with Crippen LogP contribution < -0.4 is 4.74 Å². The molecule has 0 amide bonds. The molecule has 3 aromatic rings. The molecular formula is C29H31ClN2O4. The van der Waals surface area contributed by atoms with Crippen LogP contribution in [0, 0.1) is 23.7 Å². The number of fused-ring (bicyclic) bond motifs is 1. The van der Waals surface area contributed by atoms with Gasteiger partial charge in [0.1, 0.15) is 5.75 Å². The van der Waals surface area contributed by atoms with Crippen LogP contribution >= 0.6 is 11.6 Å². The van der Waals surface area contributed by atoms with E-state index >= 15 is 0 Å². The number of aromatic nitrogens is 1. The molecule has 1 aromatic heterocycles. The maximum absolute atomic E-state index is 11.6. The quantitative estimate of drug-likeness (QED) is 0.410. The van der Waals surface area contributed by atoms with Gasteiger partial charge in [-0.1, -0.05) is 23.4 Å². The molecule has 1 aliphatic heterocycles. The topological polar surface area (TPSA) is 82.9 Å². The number of carboxylic acid groups (broad SMARTS) is 1. The average Bonchev–Trinajstić information content (AvgIpc) is 2.88. The number of benzene rings is 2. The van der Waals surface area contributed by atoms with Crippen LogP contribution in [-0.2, 0) is 4.79 Å². The first-order valence-electron chi connectivity index (χ1n) is 12.2. The number of hydrogen-bond donors (Lipinski definition) is 2. The van der Waals surface area contributed by atoms with Gasteiger partial charge in [0.05, 0.1) is 25.3 Å². The predicted molar refractivity (Wildman–Crippen MR) is 141 cm³/mol. The van der Waals surface area contributed by atoms with E-state index in [9.17, 15) is 15.0 Å². The lowest BCUT2D eigenvalue weighted by molar-refractivity contribution is -0.139. The summed E-state index contributed by atoms with van der Waals surface area (Å²) in [5.41, 5.74) is 2.54. The molecule has 0 bridgehead atoms. The van der Waals surface area contributed by atoms with Crippen LogP contribution in [0.25, 0.3) is 10.9 Å². The van der Waals surface area contributed by atoms with Gasteiger partial charge < -0.3 is 14.9 Å². The monoisotopic (exact) mass is 506 g/mol. The number of methoxy groups -OCH3 is 1. The molecule has 188 valence electrons. The van der Waals surface area contributed by atoms with Crippen molar-refractivity contribution in [1.29, 1.82) is 0 Å². The first kappa shape index (κ1) is 26.0. The number of halogens is 1. The highest BCUT2D eigenvalue weighted by molar-refractivity contribution is 6.30. The Kier molecular flexibility index (Phi) is 8.82. The summed E-state index contributed by atoms with van der Waals surface area (Å²) >= 11 is 5.93. The maximum atomic E-state index is 11.6. The van der Waals surface area contributed by atoms with E-state index in [1.807, 2.05) is 48.5 Å². The van der Waals surface area contributed by atoms with Gasteiger partial charge in [-0.15, -0.1) is 0 Å². The molecule has 0 unspecified atom stereocenters. The standard InChI is InChI=1S/C29H31ClN2O4/c1-36-24-9-10-27-26(18-24)25(12-14-31-27)28(33)11-6-21-13-16-32(19-22(21)17-29(34)35)15-2-3-20-4-7-23(30)8-5-20/h4-5,7-10,12,14,18,21-22,28,33H,6,11,13,15-17,19H2,1H3,(H,34,35)/t21-,22+,28+/m1/s1. The van der Waals surface area contributed by atoms with E-state index in [4.69, 9.17) is 16.3 Å². The van der Waals surface area contributed by atoms with Crippen LogP contribution in [0.2, 0.25) is 5.02 Å². The number of carbonyl (C=O) groups is 1. The van der Waals surface area contributed by atoms with E-state index < -0.39 is 12.1 Å². The predicted octanol–water partition coefficient (Wildman–Crippen LogP) is 5.17. The first-order valence-corrected chi connectivity index (χ1v) is 12.6. The molecule has 1 saturated heterocycles. The zero-order valence-corrected chi connectivity index (χ0v) is 21.1. The number of ether oxygens (including phenoxy) is 1. The fourth-order valence-electron chi connectivity index (χ4n) is 5.01. The van der Waals surface area contributed by atoms with Crippen molar-refractivity contribution in [3.05, 3.63) is 70.9 Å². The third-order valence-corrected chi connectivity index (χ3v) is 7.20. The highest BCUT2D eigenvalue weighted by atomic mass is 35.5. The lowest BCUT2D eigenvalue weighted by Gasteiger charge is -2.37. The van der Waals surface area contributed by atoms with Gasteiger partial charge in [-0.3, -0.25) is 14.7 Å². The summed E-state index contributed by atoms with van der Waals surface area (Å²) in [4.78, 5) is 18.2. The lowest BCUT2D eigenvalue weighted by atomic mass is 9.79. The number of aliphatic hydroxyl groups excluding tert-OH is 1. The molecule has 2 N–H and O–H groups in total. The van der Waals surface area contributed by atoms with Gasteiger partial charge in [-0.2, -0.15) is 0 Å². The van der Waals surface area contributed by atoms with Gasteiger partial charge in [0, 0.05) is 35.1 Å². The Morgan fingerprint density at radius 3 is 2.78 bits per heavy atom. The largest absolute Gasteiger partial charge is 0.497 e. The fraction of sp³-hybridized carbons (Fsp3) is 0.379. The third kappa shape index (κ3) is 6.76. The second-order valence-corrected chi connectivity index (χ2v) is 9.76. The van der Waals surface area contributed by atoms with Crippen molar-refractivity contribution in [2.75, 3.05) is 26.7 Å². The number of rotatable bonds is 8. The molecule has 7 heteroatoms. The molecule has 3 atom stereocenters. The molecule has 0 saturated carbocycles. The van der Waals surface area contributed by atoms with Crippen molar-refractivity contribution < 1.29 is 19.7 Å². The van der Waals surface area contributed by atoms with E-state index in [1.54, 1.807) is 13.3 Å². The first-order chi connectivity index (χ1) is 17.4. The number of carboxylic acids is 1. The van der Waals surface area contributed by atoms with Crippen molar-refractivity contribution in [2.24, 2.45) is 11.8 Å². The summed E-state index contributed by atoms with van der Waals surface area (Å²) < 4.78 is 5.35. The minimum Gasteiger partial charge on any atom is -0.497 e. The minimum atomic E-state index is -0.785. The van der Waals surface area contributed by atoms with Crippen LogP contribution in [0.15, 0.2) is 54.7 Å². The van der Waals surface area contributed by atoms with Gasteiger partial charge in [-0.25, -0.2) is 0 Å². The molecule has 4 rings (SSSR count). The second kappa shape index (κ2) is 12.2. The van der Waals surface area contributed by atoms with Crippen molar-refractivity contribution >= 4 is 28.5 Å². The Morgan fingerprint density at radius 2 is 2.03 bits per heavy atom. The van der Waals surface area contributed by atoms with E-state index in [1.165, 1.54) is 0 Å². The molecular weight excluding hydrogens is 476 g/mol. The molecule has 1 aliphatic rings. The second-order valence-electron chi connectivity index (χ2n) is 9.33. The SMILES string of the molecule is COc1ccc2nccc([C@@H](O)CC[C@@H]3CCN(CC#Cc4ccc(Cl)cc4)C[C@@H]3CC(=O)O)c2c1. The number of likely N-dealkylation sites (tertiary alicyclic amines) is 1. The number of nitrogens with zero attached hydrogens (tertiary/aromatic N) is 2. The molecule has 0 radical (unpaired) electrons. The highest BCUT2D eigenvalue weighted by Gasteiger charge is 2.31. The molecule has 2 aromatic carbocycles. The summed E-state index contributed by atoms with van der Waals surface area (Å²) in [5, 5.41) is 22.1. The maximum Gasteiger partial charge on any atom is 0.303 e. The number of piperidine rings is 1. The van der Waals surface area contributed by atoms with Gasteiger partial charge >= 0.3 is 5.97 Å². The van der Waals surface area contributed by atoms with Gasteiger partial charge in [0.25, 0.3) is 0 Å². The minimum absolute atomic E-state index is 0.0232. The fourth-order valence-corrected chi connectivity index (χ4v) is 5.14. The van der Waals surface area contributed by atoms with Crippen LogP contribution in [-0.4, -0.2) is 52.8 Å². The van der Waals surface area contributed by atoms with Crippen molar-refractivity contribution in [3.63, 3.8) is 0 Å². The summed E-state index contributed by atoms with van der Waals surface area (Å²) in [7, 11) is 1.62. The highest BCUT2D eigenvalue weighted by Crippen LogP contribution is 2.34. The molecule has 0 aliphatic carbocycles. The Labute approximate surface area is 216 Å². The number of hydrogen-bond acceptors (Lipinski definition) is 5. The smallest absolute Gasteiger partial charge is 0.303 e. The number of aliphatic hydroxyl groups is 1. The summed E-state index contributed by atoms with van der Waals surface area (Å²) in [5.74, 6) is 6.55. The van der Waals surface area contributed by atoms with Crippen molar-refractivity contribution in [2.45, 2.75) is 31.8 Å². The van der Waals surface area contributed by atoms with Crippen molar-refractivity contribution in [3.8, 4) is 17.6 Å². The normalized spacial score (nSPS) is 18.9. The van der Waals surface area contributed by atoms with E-state index in [0.717, 1.165) is 47.2 Å². The summed E-state index contributed by atoms with van der Waals surface area (Å²) in [6, 6.07) is 14.9. The van der Waals surface area contributed by atoms with Gasteiger partial charge in [0.2, 0.25) is 0 Å². The zero-order chi connectivity index (χ0) is 25.5.